The molecule has 0 unspecified atom stereocenters. The molecule has 5 heteroatoms. The normalized spacial score (nSPS) is 11.4. The number of benzene rings is 3. The number of hydrogen-bond donors (Lipinski definition) is 0. The van der Waals surface area contributed by atoms with Crippen LogP contribution in [0.1, 0.15) is 11.1 Å². The van der Waals surface area contributed by atoms with E-state index in [1.165, 1.54) is 6.07 Å². The van der Waals surface area contributed by atoms with Crippen molar-refractivity contribution in [2.75, 3.05) is 0 Å². The average Bonchev–Trinajstić information content (AvgIpc) is 2.61. The van der Waals surface area contributed by atoms with Crippen molar-refractivity contribution in [3.8, 4) is 16.9 Å². The molecule has 0 fully saturated rings. The number of para-hydroxylation sites is 1. The summed E-state index contributed by atoms with van der Waals surface area (Å²) in [6, 6.07) is 20.9. The lowest BCUT2D eigenvalue weighted by Gasteiger charge is -2.14. The van der Waals surface area contributed by atoms with Crippen molar-refractivity contribution < 1.29 is 17.9 Å². The summed E-state index contributed by atoms with van der Waals surface area (Å²) < 4.78 is 45.3. The molecular weight excluding hydrogens is 393 g/mol. The standard InChI is InChI=1S/C20H14BrF3O/c21-18-11-10-15(12-17(18)20(22,23)24)16-8-4-5-9-19(16)25-13-14-6-2-1-3-7-14/h1-12H,13H2. The molecule has 0 aliphatic rings. The smallest absolute Gasteiger partial charge is 0.417 e. The fourth-order valence-corrected chi connectivity index (χ4v) is 2.95. The third kappa shape index (κ3) is 4.23. The van der Waals surface area contributed by atoms with Crippen LogP contribution in [-0.2, 0) is 12.8 Å². The van der Waals surface area contributed by atoms with E-state index in [9.17, 15) is 13.2 Å². The molecule has 3 rings (SSSR count). The van der Waals surface area contributed by atoms with Crippen LogP contribution in [0, 0.1) is 0 Å². The molecule has 0 spiro atoms. The van der Waals surface area contributed by atoms with E-state index in [4.69, 9.17) is 4.74 Å². The Kier molecular flexibility index (Phi) is 5.13. The largest absolute Gasteiger partial charge is 0.488 e. The molecule has 0 atom stereocenters. The number of rotatable bonds is 4. The van der Waals surface area contributed by atoms with Gasteiger partial charge in [-0.05, 0) is 29.3 Å². The summed E-state index contributed by atoms with van der Waals surface area (Å²) in [7, 11) is 0. The van der Waals surface area contributed by atoms with Crippen LogP contribution < -0.4 is 4.74 Å². The molecule has 0 aliphatic heterocycles. The Hall–Kier alpha value is -2.27. The van der Waals surface area contributed by atoms with E-state index in [1.54, 1.807) is 30.3 Å². The monoisotopic (exact) mass is 406 g/mol. The summed E-state index contributed by atoms with van der Waals surface area (Å²) >= 11 is 2.97. The first-order valence-electron chi connectivity index (χ1n) is 7.58. The number of hydrogen-bond acceptors (Lipinski definition) is 1. The molecule has 0 bridgehead atoms. The molecule has 1 nitrogen and oxygen atoms in total. The molecular formula is C20H14BrF3O. The Morgan fingerprint density at radius 2 is 1.52 bits per heavy atom. The summed E-state index contributed by atoms with van der Waals surface area (Å²) in [5, 5.41) is 0. The minimum absolute atomic E-state index is 0.0198. The van der Waals surface area contributed by atoms with E-state index in [2.05, 4.69) is 15.9 Å². The quantitative estimate of drug-likeness (QED) is 0.467. The van der Waals surface area contributed by atoms with Gasteiger partial charge in [0.1, 0.15) is 12.4 Å². The van der Waals surface area contributed by atoms with Gasteiger partial charge in [0.15, 0.2) is 0 Å². The highest BCUT2D eigenvalue weighted by Gasteiger charge is 2.33. The Morgan fingerprint density at radius 1 is 0.840 bits per heavy atom. The zero-order chi connectivity index (χ0) is 17.9. The number of alkyl halides is 3. The maximum atomic E-state index is 13.2. The molecule has 0 N–H and O–H groups in total. The Balaban J connectivity index is 1.93. The van der Waals surface area contributed by atoms with E-state index < -0.39 is 11.7 Å². The first-order chi connectivity index (χ1) is 11.9. The van der Waals surface area contributed by atoms with Crippen molar-refractivity contribution >= 4 is 15.9 Å². The fourth-order valence-electron chi connectivity index (χ4n) is 2.48. The lowest BCUT2D eigenvalue weighted by molar-refractivity contribution is -0.138. The Bertz CT molecular complexity index is 860. The van der Waals surface area contributed by atoms with Gasteiger partial charge in [0, 0.05) is 10.0 Å². The number of halogens is 4. The van der Waals surface area contributed by atoms with Crippen LogP contribution in [0.4, 0.5) is 13.2 Å². The highest BCUT2D eigenvalue weighted by molar-refractivity contribution is 9.10. The molecule has 3 aromatic rings. The second-order valence-electron chi connectivity index (χ2n) is 5.46. The highest BCUT2D eigenvalue weighted by atomic mass is 79.9. The van der Waals surface area contributed by atoms with Gasteiger partial charge in [0.05, 0.1) is 5.56 Å². The first-order valence-corrected chi connectivity index (χ1v) is 8.37. The minimum atomic E-state index is -4.42. The van der Waals surface area contributed by atoms with E-state index >= 15 is 0 Å². The van der Waals surface area contributed by atoms with Crippen molar-refractivity contribution in [1.82, 2.24) is 0 Å². The van der Waals surface area contributed by atoms with Gasteiger partial charge in [-0.1, -0.05) is 70.5 Å². The molecule has 0 saturated carbocycles. The molecule has 3 aromatic carbocycles. The maximum Gasteiger partial charge on any atom is 0.417 e. The minimum Gasteiger partial charge on any atom is -0.488 e. The summed E-state index contributed by atoms with van der Waals surface area (Å²) in [5.74, 6) is 0.543. The van der Waals surface area contributed by atoms with Crippen molar-refractivity contribution in [2.24, 2.45) is 0 Å². The van der Waals surface area contributed by atoms with Gasteiger partial charge in [-0.25, -0.2) is 0 Å². The molecule has 0 saturated heterocycles. The van der Waals surface area contributed by atoms with Gasteiger partial charge >= 0.3 is 6.18 Å². The highest BCUT2D eigenvalue weighted by Crippen LogP contribution is 2.39. The zero-order valence-corrected chi connectivity index (χ0v) is 14.6. The molecule has 0 aromatic heterocycles. The zero-order valence-electron chi connectivity index (χ0n) is 13.1. The van der Waals surface area contributed by atoms with Crippen LogP contribution in [0.15, 0.2) is 77.3 Å². The van der Waals surface area contributed by atoms with Crippen molar-refractivity contribution in [3.63, 3.8) is 0 Å². The maximum absolute atomic E-state index is 13.2. The molecule has 128 valence electrons. The fraction of sp³-hybridized carbons (Fsp3) is 0.100. The van der Waals surface area contributed by atoms with Crippen LogP contribution in [-0.4, -0.2) is 0 Å². The van der Waals surface area contributed by atoms with Gasteiger partial charge in [-0.15, -0.1) is 0 Å². The van der Waals surface area contributed by atoms with E-state index in [1.807, 2.05) is 30.3 Å². The van der Waals surface area contributed by atoms with Crippen LogP contribution in [0.25, 0.3) is 11.1 Å². The molecule has 25 heavy (non-hydrogen) atoms. The van der Waals surface area contributed by atoms with Crippen molar-refractivity contribution in [2.45, 2.75) is 12.8 Å². The van der Waals surface area contributed by atoms with Crippen LogP contribution in [0.5, 0.6) is 5.75 Å². The van der Waals surface area contributed by atoms with Crippen LogP contribution in [0.3, 0.4) is 0 Å². The van der Waals surface area contributed by atoms with Gasteiger partial charge in [0.2, 0.25) is 0 Å². The Morgan fingerprint density at radius 3 is 2.24 bits per heavy atom. The molecule has 0 radical (unpaired) electrons. The van der Waals surface area contributed by atoms with Gasteiger partial charge in [0.25, 0.3) is 0 Å². The molecule has 0 aliphatic carbocycles. The summed E-state index contributed by atoms with van der Waals surface area (Å²) in [4.78, 5) is 0. The average molecular weight is 407 g/mol. The SMILES string of the molecule is FC(F)(F)c1cc(-c2ccccc2OCc2ccccc2)ccc1Br. The Labute approximate surface area is 152 Å². The molecule has 0 heterocycles. The van der Waals surface area contributed by atoms with E-state index in [-0.39, 0.29) is 4.47 Å². The second kappa shape index (κ2) is 7.31. The number of ether oxygens (including phenoxy) is 1. The topological polar surface area (TPSA) is 9.23 Å². The predicted molar refractivity (Wildman–Crippen MR) is 95.4 cm³/mol. The lowest BCUT2D eigenvalue weighted by Crippen LogP contribution is -2.06. The van der Waals surface area contributed by atoms with Crippen molar-refractivity contribution in [3.05, 3.63) is 88.4 Å². The van der Waals surface area contributed by atoms with Crippen LogP contribution in [0.2, 0.25) is 0 Å². The lowest BCUT2D eigenvalue weighted by atomic mass is 10.0. The van der Waals surface area contributed by atoms with E-state index in [0.717, 1.165) is 11.6 Å². The third-order valence-corrected chi connectivity index (χ3v) is 4.40. The van der Waals surface area contributed by atoms with Gasteiger partial charge in [-0.3, -0.25) is 0 Å². The van der Waals surface area contributed by atoms with E-state index in [0.29, 0.717) is 23.5 Å². The predicted octanol–water partition coefficient (Wildman–Crippen LogP) is 6.71. The summed E-state index contributed by atoms with van der Waals surface area (Å²) in [5.41, 5.74) is 1.36. The molecule has 0 amide bonds. The second-order valence-corrected chi connectivity index (χ2v) is 6.32. The summed E-state index contributed by atoms with van der Waals surface area (Å²) in [6.07, 6.45) is -4.42. The van der Waals surface area contributed by atoms with Crippen LogP contribution >= 0.6 is 15.9 Å². The summed E-state index contributed by atoms with van der Waals surface area (Å²) in [6.45, 7) is 0.348. The third-order valence-electron chi connectivity index (χ3n) is 3.71. The van der Waals surface area contributed by atoms with Gasteiger partial charge in [-0.2, -0.15) is 13.2 Å². The van der Waals surface area contributed by atoms with Gasteiger partial charge < -0.3 is 4.74 Å². The van der Waals surface area contributed by atoms with Crippen molar-refractivity contribution in [1.29, 1.82) is 0 Å². The first kappa shape index (κ1) is 17.5.